The van der Waals surface area contributed by atoms with Crippen LogP contribution in [0.2, 0.25) is 0 Å². The Balaban J connectivity index is 2.10. The van der Waals surface area contributed by atoms with Crippen molar-refractivity contribution < 1.29 is 22.7 Å². The van der Waals surface area contributed by atoms with Crippen LogP contribution in [0, 0.1) is 5.92 Å². The van der Waals surface area contributed by atoms with Crippen LogP contribution < -0.4 is 0 Å². The Morgan fingerprint density at radius 1 is 1.55 bits per heavy atom. The second-order valence-electron chi connectivity index (χ2n) is 5.47. The quantitative estimate of drug-likeness (QED) is 0.757. The minimum atomic E-state index is -3.62. The first kappa shape index (κ1) is 17.4. The van der Waals surface area contributed by atoms with Crippen LogP contribution in [0.4, 0.5) is 0 Å². The van der Waals surface area contributed by atoms with Crippen LogP contribution in [0.3, 0.4) is 0 Å². The summed E-state index contributed by atoms with van der Waals surface area (Å²) in [6.45, 7) is 1.47. The van der Waals surface area contributed by atoms with Gasteiger partial charge in [-0.1, -0.05) is 0 Å². The molecule has 126 valence electrons. The van der Waals surface area contributed by atoms with Crippen LogP contribution in [0.15, 0.2) is 22.8 Å². The molecule has 0 bridgehead atoms. The molecule has 1 aromatic heterocycles. The molecule has 1 saturated heterocycles. The van der Waals surface area contributed by atoms with E-state index in [1.54, 1.807) is 19.2 Å². The predicted molar refractivity (Wildman–Crippen MR) is 81.3 cm³/mol. The van der Waals surface area contributed by atoms with E-state index in [0.29, 0.717) is 25.5 Å². The molecule has 0 aliphatic carbocycles. The Kier molecular flexibility index (Phi) is 6.39. The van der Waals surface area contributed by atoms with Gasteiger partial charge in [-0.25, -0.2) is 0 Å². The van der Waals surface area contributed by atoms with Gasteiger partial charge in [0, 0.05) is 26.7 Å². The van der Waals surface area contributed by atoms with E-state index in [9.17, 15) is 13.5 Å². The molecule has 22 heavy (non-hydrogen) atoms. The van der Waals surface area contributed by atoms with Crippen molar-refractivity contribution in [3.8, 4) is 0 Å². The topological polar surface area (TPSA) is 83.2 Å². The van der Waals surface area contributed by atoms with Crippen molar-refractivity contribution in [2.24, 2.45) is 5.92 Å². The number of hydrogen-bond donors (Lipinski definition) is 1. The van der Waals surface area contributed by atoms with Crippen molar-refractivity contribution in [3.63, 3.8) is 0 Å². The second-order valence-corrected chi connectivity index (χ2v) is 7.39. The first-order valence-electron chi connectivity index (χ1n) is 7.45. The normalized spacial score (nSPS) is 20.6. The Morgan fingerprint density at radius 3 is 3.00 bits per heavy atom. The molecule has 1 fully saturated rings. The number of aliphatic hydroxyl groups excluding tert-OH is 1. The van der Waals surface area contributed by atoms with Gasteiger partial charge in [0.15, 0.2) is 0 Å². The lowest BCUT2D eigenvalue weighted by molar-refractivity contribution is 0.115. The Morgan fingerprint density at radius 2 is 2.36 bits per heavy atom. The van der Waals surface area contributed by atoms with Gasteiger partial charge in [0.2, 0.25) is 0 Å². The van der Waals surface area contributed by atoms with Gasteiger partial charge in [0.1, 0.15) is 5.76 Å². The molecule has 0 aromatic carbocycles. The van der Waals surface area contributed by atoms with Gasteiger partial charge in [0.25, 0.3) is 10.2 Å². The summed E-state index contributed by atoms with van der Waals surface area (Å²) in [4.78, 5) is 0. The Labute approximate surface area is 131 Å². The van der Waals surface area contributed by atoms with E-state index in [1.807, 2.05) is 0 Å². The molecule has 0 amide bonds. The van der Waals surface area contributed by atoms with E-state index in [4.69, 9.17) is 9.15 Å². The summed E-state index contributed by atoms with van der Waals surface area (Å²) in [6.07, 6.45) is 3.30. The summed E-state index contributed by atoms with van der Waals surface area (Å²) in [5.41, 5.74) is 0. The molecular weight excluding hydrogens is 308 g/mol. The van der Waals surface area contributed by atoms with Crippen LogP contribution in [-0.2, 0) is 21.5 Å². The highest BCUT2D eigenvalue weighted by Gasteiger charge is 2.33. The Hall–Kier alpha value is -0.930. The van der Waals surface area contributed by atoms with E-state index < -0.39 is 10.2 Å². The highest BCUT2D eigenvalue weighted by Crippen LogP contribution is 2.22. The largest absolute Gasteiger partial charge is 0.468 e. The standard InChI is InChI=1S/C14H24N2O5S/c1-20-12-13-4-2-6-15(10-13)22(18,19)16(7-8-17)11-14-5-3-9-21-14/h3,5,9,13,17H,2,4,6-8,10-12H2,1H3. The number of nitrogens with zero attached hydrogens (tertiary/aromatic N) is 2. The van der Waals surface area contributed by atoms with Gasteiger partial charge < -0.3 is 14.3 Å². The van der Waals surface area contributed by atoms with Crippen molar-refractivity contribution in [2.45, 2.75) is 19.4 Å². The predicted octanol–water partition coefficient (Wildman–Crippen LogP) is 0.677. The fraction of sp³-hybridized carbons (Fsp3) is 0.714. The molecule has 0 radical (unpaired) electrons. The second kappa shape index (κ2) is 8.07. The fourth-order valence-electron chi connectivity index (χ4n) is 2.74. The van der Waals surface area contributed by atoms with Crippen molar-refractivity contribution >= 4 is 10.2 Å². The number of hydrogen-bond acceptors (Lipinski definition) is 5. The van der Waals surface area contributed by atoms with E-state index in [2.05, 4.69) is 0 Å². The van der Waals surface area contributed by atoms with Gasteiger partial charge in [-0.05, 0) is 30.9 Å². The summed E-state index contributed by atoms with van der Waals surface area (Å²) >= 11 is 0. The molecule has 1 unspecified atom stereocenters. The Bertz CT molecular complexity index is 529. The average Bonchev–Trinajstić information content (AvgIpc) is 3.00. The molecule has 2 heterocycles. The van der Waals surface area contributed by atoms with E-state index in [-0.39, 0.29) is 25.6 Å². The maximum atomic E-state index is 12.8. The number of ether oxygens (including phenoxy) is 1. The number of furan rings is 1. The van der Waals surface area contributed by atoms with Crippen molar-refractivity contribution in [2.75, 3.05) is 40.0 Å². The fourth-order valence-corrected chi connectivity index (χ4v) is 4.42. The van der Waals surface area contributed by atoms with Crippen LogP contribution in [0.1, 0.15) is 18.6 Å². The van der Waals surface area contributed by atoms with Crippen LogP contribution in [-0.4, -0.2) is 62.1 Å². The zero-order valence-electron chi connectivity index (χ0n) is 12.8. The average molecular weight is 332 g/mol. The monoisotopic (exact) mass is 332 g/mol. The summed E-state index contributed by atoms with van der Waals surface area (Å²) in [5.74, 6) is 0.774. The van der Waals surface area contributed by atoms with Gasteiger partial charge >= 0.3 is 0 Å². The molecule has 0 saturated carbocycles. The molecule has 1 aliphatic heterocycles. The van der Waals surface area contributed by atoms with Gasteiger partial charge in [-0.3, -0.25) is 0 Å². The number of rotatable bonds is 8. The zero-order valence-corrected chi connectivity index (χ0v) is 13.7. The lowest BCUT2D eigenvalue weighted by Gasteiger charge is -2.35. The molecule has 1 aromatic rings. The maximum Gasteiger partial charge on any atom is 0.282 e. The lowest BCUT2D eigenvalue weighted by Crippen LogP contribution is -2.49. The molecule has 2 rings (SSSR count). The highest BCUT2D eigenvalue weighted by molar-refractivity contribution is 7.86. The first-order chi connectivity index (χ1) is 10.6. The van der Waals surface area contributed by atoms with Gasteiger partial charge in [-0.2, -0.15) is 17.0 Å². The van der Waals surface area contributed by atoms with Crippen molar-refractivity contribution in [1.82, 2.24) is 8.61 Å². The van der Waals surface area contributed by atoms with Crippen molar-refractivity contribution in [3.05, 3.63) is 24.2 Å². The summed E-state index contributed by atoms with van der Waals surface area (Å²) in [5, 5.41) is 9.19. The minimum absolute atomic E-state index is 0.0501. The van der Waals surface area contributed by atoms with Crippen LogP contribution in [0.5, 0.6) is 0 Å². The molecule has 1 aliphatic rings. The molecule has 1 N–H and O–H groups in total. The molecule has 7 nitrogen and oxygen atoms in total. The highest BCUT2D eigenvalue weighted by atomic mass is 32.2. The zero-order chi connectivity index (χ0) is 16.0. The summed E-state index contributed by atoms with van der Waals surface area (Å²) in [7, 11) is -2.00. The third kappa shape index (κ3) is 4.30. The molecule has 0 spiro atoms. The number of aliphatic hydroxyl groups is 1. The lowest BCUT2D eigenvalue weighted by atomic mass is 10.0. The number of methoxy groups -OCH3 is 1. The molecular formula is C14H24N2O5S. The molecule has 1 atom stereocenters. The van der Waals surface area contributed by atoms with E-state index >= 15 is 0 Å². The minimum Gasteiger partial charge on any atom is -0.468 e. The first-order valence-corrected chi connectivity index (χ1v) is 8.85. The third-order valence-corrected chi connectivity index (χ3v) is 5.75. The smallest absolute Gasteiger partial charge is 0.282 e. The van der Waals surface area contributed by atoms with Crippen LogP contribution in [0.25, 0.3) is 0 Å². The van der Waals surface area contributed by atoms with Crippen LogP contribution >= 0.6 is 0 Å². The van der Waals surface area contributed by atoms with E-state index in [0.717, 1.165) is 12.8 Å². The van der Waals surface area contributed by atoms with Gasteiger partial charge in [-0.15, -0.1) is 0 Å². The van der Waals surface area contributed by atoms with Crippen molar-refractivity contribution in [1.29, 1.82) is 0 Å². The maximum absolute atomic E-state index is 12.8. The molecule has 8 heteroatoms. The van der Waals surface area contributed by atoms with Gasteiger partial charge in [0.05, 0.1) is 26.0 Å². The van der Waals surface area contributed by atoms with E-state index in [1.165, 1.54) is 14.9 Å². The third-order valence-electron chi connectivity index (χ3n) is 3.80. The summed E-state index contributed by atoms with van der Waals surface area (Å²) < 4.78 is 38.7. The summed E-state index contributed by atoms with van der Waals surface area (Å²) in [6, 6.07) is 3.44. The number of piperidine rings is 1. The SMILES string of the molecule is COCC1CCCN(S(=O)(=O)N(CCO)Cc2ccco2)C1.